The summed E-state index contributed by atoms with van der Waals surface area (Å²) < 4.78 is 28.9. The van der Waals surface area contributed by atoms with Crippen LogP contribution in [0.2, 0.25) is 0 Å². The molecule has 0 bridgehead atoms. The number of rotatable bonds is 5. The molecule has 3 aromatic heterocycles. The summed E-state index contributed by atoms with van der Waals surface area (Å²) in [5.41, 5.74) is 2.97. The number of halogens is 2. The van der Waals surface area contributed by atoms with Gasteiger partial charge < -0.3 is 15.2 Å². The van der Waals surface area contributed by atoms with Crippen molar-refractivity contribution in [1.29, 1.82) is 0 Å². The zero-order valence-electron chi connectivity index (χ0n) is 20.2. The Hall–Kier alpha value is -4.08. The molecule has 36 heavy (non-hydrogen) atoms. The number of pyridine rings is 1. The maximum atomic E-state index is 13.7. The lowest BCUT2D eigenvalue weighted by molar-refractivity contribution is -0.128. The molecule has 1 aromatic carbocycles. The molecule has 0 spiro atoms. The number of carbonyl (C=O) groups is 1. The topological polar surface area (TPSA) is 95.9 Å². The number of carbonyl (C=O) groups excluding carboxylic acids is 1. The predicted octanol–water partition coefficient (Wildman–Crippen LogP) is 4.56. The van der Waals surface area contributed by atoms with E-state index in [2.05, 4.69) is 20.3 Å². The van der Waals surface area contributed by atoms with Gasteiger partial charge >= 0.3 is 0 Å². The first-order chi connectivity index (χ1) is 17.2. The van der Waals surface area contributed by atoms with Gasteiger partial charge in [0.25, 0.3) is 12.0 Å². The third kappa shape index (κ3) is 4.12. The number of benzene rings is 1. The number of aromatic amines is 1. The lowest BCUT2D eigenvalue weighted by atomic mass is 9.99. The zero-order valence-corrected chi connectivity index (χ0v) is 20.2. The number of fused-ring (bicyclic) bond motifs is 2. The lowest BCUT2D eigenvalue weighted by Gasteiger charge is -2.25. The fourth-order valence-electron chi connectivity index (χ4n) is 4.75. The minimum Gasteiger partial charge on any atom is -0.363 e. The SMILES string of the molecule is CC(=O)N1CC=C(c2cc3c(N[C@H](C)c4cc(C(F)F)c5cc[nH]c5c4)ncnc3n(C)c2=O)CC1. The molecular formula is C26H26F2N6O2. The first-order valence-electron chi connectivity index (χ1n) is 11.7. The van der Waals surface area contributed by atoms with Crippen molar-refractivity contribution >= 4 is 39.2 Å². The monoisotopic (exact) mass is 492 g/mol. The van der Waals surface area contributed by atoms with Crippen LogP contribution in [0.15, 0.2) is 47.7 Å². The van der Waals surface area contributed by atoms with Crippen LogP contribution >= 0.6 is 0 Å². The molecule has 0 unspecified atom stereocenters. The fraction of sp³-hybridized carbons (Fsp3) is 0.308. The van der Waals surface area contributed by atoms with Crippen LogP contribution in [0.3, 0.4) is 0 Å². The highest BCUT2D eigenvalue weighted by atomic mass is 19.3. The van der Waals surface area contributed by atoms with Crippen molar-refractivity contribution in [2.45, 2.75) is 32.7 Å². The summed E-state index contributed by atoms with van der Waals surface area (Å²) in [5, 5.41) is 4.47. The van der Waals surface area contributed by atoms with Gasteiger partial charge in [-0.05, 0) is 48.7 Å². The summed E-state index contributed by atoms with van der Waals surface area (Å²) in [7, 11) is 1.66. The van der Waals surface area contributed by atoms with Gasteiger partial charge in [0.1, 0.15) is 17.8 Å². The molecule has 1 atom stereocenters. The van der Waals surface area contributed by atoms with Gasteiger partial charge in [0.2, 0.25) is 5.91 Å². The number of nitrogens with one attached hydrogen (secondary N) is 2. The number of H-pyrrole nitrogens is 1. The Morgan fingerprint density at radius 1 is 1.19 bits per heavy atom. The average Bonchev–Trinajstić information content (AvgIpc) is 3.34. The molecule has 10 heteroatoms. The van der Waals surface area contributed by atoms with Crippen molar-refractivity contribution in [3.05, 3.63) is 69.9 Å². The molecule has 0 saturated heterocycles. The zero-order chi connectivity index (χ0) is 25.6. The van der Waals surface area contributed by atoms with Crippen LogP contribution in [0.4, 0.5) is 14.6 Å². The van der Waals surface area contributed by atoms with E-state index in [4.69, 9.17) is 0 Å². The average molecular weight is 493 g/mol. The van der Waals surface area contributed by atoms with Crippen molar-refractivity contribution < 1.29 is 13.6 Å². The van der Waals surface area contributed by atoms with Gasteiger partial charge in [0.05, 0.1) is 11.4 Å². The number of amides is 1. The van der Waals surface area contributed by atoms with E-state index in [1.165, 1.54) is 23.9 Å². The van der Waals surface area contributed by atoms with E-state index < -0.39 is 6.43 Å². The Morgan fingerprint density at radius 3 is 2.69 bits per heavy atom. The van der Waals surface area contributed by atoms with Crippen LogP contribution in [-0.2, 0) is 11.8 Å². The number of hydrogen-bond donors (Lipinski definition) is 2. The van der Waals surface area contributed by atoms with Gasteiger partial charge in [0, 0.05) is 55.3 Å². The molecule has 1 aliphatic heterocycles. The molecule has 1 amide bonds. The van der Waals surface area contributed by atoms with E-state index in [9.17, 15) is 18.4 Å². The molecule has 2 N–H and O–H groups in total. The molecule has 0 aliphatic carbocycles. The Kier molecular flexibility index (Phi) is 6.03. The maximum Gasteiger partial charge on any atom is 0.264 e. The Labute approximate surface area is 205 Å². The van der Waals surface area contributed by atoms with E-state index in [1.54, 1.807) is 30.3 Å². The normalized spacial score (nSPS) is 14.9. The van der Waals surface area contributed by atoms with E-state index in [1.807, 2.05) is 19.1 Å². The van der Waals surface area contributed by atoms with Gasteiger partial charge in [-0.1, -0.05) is 6.08 Å². The first-order valence-corrected chi connectivity index (χ1v) is 11.7. The van der Waals surface area contributed by atoms with Gasteiger partial charge in [-0.25, -0.2) is 18.7 Å². The highest BCUT2D eigenvalue weighted by Gasteiger charge is 2.21. The van der Waals surface area contributed by atoms with Crippen LogP contribution in [0.1, 0.15) is 49.4 Å². The van der Waals surface area contributed by atoms with Gasteiger partial charge in [-0.15, -0.1) is 0 Å². The second-order valence-corrected chi connectivity index (χ2v) is 9.04. The minimum atomic E-state index is -2.60. The number of hydrogen-bond acceptors (Lipinski definition) is 5. The van der Waals surface area contributed by atoms with E-state index >= 15 is 0 Å². The Balaban J connectivity index is 1.54. The summed E-state index contributed by atoms with van der Waals surface area (Å²) >= 11 is 0. The van der Waals surface area contributed by atoms with Gasteiger partial charge in [-0.2, -0.15) is 0 Å². The molecule has 0 fully saturated rings. The fourth-order valence-corrected chi connectivity index (χ4v) is 4.75. The second kappa shape index (κ2) is 9.18. The summed E-state index contributed by atoms with van der Waals surface area (Å²) in [6, 6.07) is 6.43. The van der Waals surface area contributed by atoms with E-state index in [0.29, 0.717) is 58.4 Å². The summed E-state index contributed by atoms with van der Waals surface area (Å²) in [5.74, 6) is 0.495. The molecule has 4 heterocycles. The van der Waals surface area contributed by atoms with Gasteiger partial charge in [0.15, 0.2) is 0 Å². The largest absolute Gasteiger partial charge is 0.363 e. The minimum absolute atomic E-state index is 0.00174. The molecule has 8 nitrogen and oxygen atoms in total. The third-order valence-corrected chi connectivity index (χ3v) is 6.82. The lowest BCUT2D eigenvalue weighted by Crippen LogP contribution is -2.33. The smallest absolute Gasteiger partial charge is 0.264 e. The number of nitrogens with zero attached hydrogens (tertiary/aromatic N) is 4. The molecular weight excluding hydrogens is 466 g/mol. The van der Waals surface area contributed by atoms with E-state index in [-0.39, 0.29) is 23.1 Å². The predicted molar refractivity (Wildman–Crippen MR) is 135 cm³/mol. The molecule has 186 valence electrons. The van der Waals surface area contributed by atoms with E-state index in [0.717, 1.165) is 5.57 Å². The number of aryl methyl sites for hydroxylation is 1. The highest BCUT2D eigenvalue weighted by Crippen LogP contribution is 2.33. The van der Waals surface area contributed by atoms with Crippen LogP contribution in [0.5, 0.6) is 0 Å². The van der Waals surface area contributed by atoms with Crippen LogP contribution < -0.4 is 10.9 Å². The quantitative estimate of drug-likeness (QED) is 0.426. The third-order valence-electron chi connectivity index (χ3n) is 6.82. The summed E-state index contributed by atoms with van der Waals surface area (Å²) in [4.78, 5) is 38.3. The van der Waals surface area contributed by atoms with Crippen molar-refractivity contribution in [3.8, 4) is 0 Å². The summed E-state index contributed by atoms with van der Waals surface area (Å²) in [6.07, 6.45) is 2.90. The Bertz CT molecular complexity index is 1570. The highest BCUT2D eigenvalue weighted by molar-refractivity contribution is 5.90. The molecule has 0 radical (unpaired) electrons. The van der Waals surface area contributed by atoms with Crippen LogP contribution in [-0.4, -0.2) is 43.4 Å². The molecule has 5 rings (SSSR count). The van der Waals surface area contributed by atoms with Crippen molar-refractivity contribution in [2.24, 2.45) is 7.05 Å². The Morgan fingerprint density at radius 2 is 2.00 bits per heavy atom. The van der Waals surface area contributed by atoms with Crippen molar-refractivity contribution in [2.75, 3.05) is 18.4 Å². The summed E-state index contributed by atoms with van der Waals surface area (Å²) in [6.45, 7) is 4.40. The van der Waals surface area contributed by atoms with Crippen LogP contribution in [0, 0.1) is 0 Å². The molecule has 0 saturated carbocycles. The molecule has 4 aromatic rings. The number of aromatic nitrogens is 4. The number of anilines is 1. The maximum absolute atomic E-state index is 13.7. The van der Waals surface area contributed by atoms with Crippen molar-refractivity contribution in [3.63, 3.8) is 0 Å². The second-order valence-electron chi connectivity index (χ2n) is 9.04. The van der Waals surface area contributed by atoms with Crippen molar-refractivity contribution in [1.82, 2.24) is 24.4 Å². The standard InChI is InChI=1S/C26H26F2N6O2/c1-14(17-10-20(23(27)28)18-4-7-29-22(18)11-17)32-24-21-12-19(16-5-8-34(9-6-16)15(2)35)26(36)33(3)25(21)31-13-30-24/h4-5,7,10-14,23,29H,6,8-9H2,1-3H3,(H,30,31,32)/t14-/m1/s1. The first kappa shape index (κ1) is 23.7. The number of alkyl halides is 2. The molecule has 1 aliphatic rings. The van der Waals surface area contributed by atoms with Crippen LogP contribution in [0.25, 0.3) is 27.5 Å². The van der Waals surface area contributed by atoms with Gasteiger partial charge in [-0.3, -0.25) is 14.2 Å².